The minimum absolute atomic E-state index is 0.0535. The van der Waals surface area contributed by atoms with Gasteiger partial charge in [-0.3, -0.25) is 4.79 Å². The normalized spacial score (nSPS) is 13.1. The minimum atomic E-state index is -1.05. The molecule has 0 bridgehead atoms. The lowest BCUT2D eigenvalue weighted by atomic mass is 9.78. The quantitative estimate of drug-likeness (QED) is 0.845. The Balaban J connectivity index is 1.78. The first-order valence-corrected chi connectivity index (χ1v) is 7.07. The van der Waals surface area contributed by atoms with E-state index in [-0.39, 0.29) is 29.6 Å². The summed E-state index contributed by atoms with van der Waals surface area (Å²) in [6.07, 6.45) is 0. The van der Waals surface area contributed by atoms with Crippen molar-refractivity contribution in [2.45, 2.75) is 13.2 Å². The molecule has 0 saturated carbocycles. The summed E-state index contributed by atoms with van der Waals surface area (Å²) in [7, 11) is -1.05. The summed E-state index contributed by atoms with van der Waals surface area (Å²) in [4.78, 5) is 12.2. The van der Waals surface area contributed by atoms with Crippen LogP contribution in [0.15, 0.2) is 36.4 Å². The van der Waals surface area contributed by atoms with E-state index in [0.29, 0.717) is 11.0 Å². The number of hydrogen-bond acceptors (Lipinski definition) is 3. The van der Waals surface area contributed by atoms with Gasteiger partial charge in [-0.25, -0.2) is 4.39 Å². The van der Waals surface area contributed by atoms with Gasteiger partial charge in [-0.15, -0.1) is 0 Å². The number of amides is 1. The highest BCUT2D eigenvalue weighted by atomic mass is 35.5. The van der Waals surface area contributed by atoms with E-state index in [9.17, 15) is 14.2 Å². The molecule has 0 saturated heterocycles. The van der Waals surface area contributed by atoms with Crippen LogP contribution in [-0.2, 0) is 17.8 Å². The Morgan fingerprint density at radius 1 is 1.41 bits per heavy atom. The highest BCUT2D eigenvalue weighted by molar-refractivity contribution is 6.61. The van der Waals surface area contributed by atoms with Crippen LogP contribution < -0.4 is 10.8 Å². The summed E-state index contributed by atoms with van der Waals surface area (Å²) in [5.41, 5.74) is 1.89. The lowest BCUT2D eigenvalue weighted by Crippen LogP contribution is -2.31. The van der Waals surface area contributed by atoms with Gasteiger partial charge in [-0.1, -0.05) is 29.8 Å². The average Bonchev–Trinajstić information content (AvgIpc) is 2.86. The third-order valence-corrected chi connectivity index (χ3v) is 3.85. The lowest BCUT2D eigenvalue weighted by Gasteiger charge is -2.09. The summed E-state index contributed by atoms with van der Waals surface area (Å²) < 4.78 is 18.6. The fraction of sp³-hybridized carbons (Fsp3) is 0.133. The van der Waals surface area contributed by atoms with Crippen LogP contribution in [0.2, 0.25) is 5.02 Å². The Morgan fingerprint density at radius 2 is 2.18 bits per heavy atom. The molecule has 2 N–H and O–H groups in total. The molecule has 112 valence electrons. The Bertz CT molecular complexity index is 741. The molecule has 1 aliphatic rings. The Morgan fingerprint density at radius 3 is 2.95 bits per heavy atom. The number of carbonyl (C=O) groups excluding carboxylic acids is 1. The SMILES string of the molecule is O=C(NCc1ccccc1F)c1cc2c(cc1Cl)COB2O. The Labute approximate surface area is 132 Å². The van der Waals surface area contributed by atoms with Crippen LogP contribution in [0.1, 0.15) is 21.5 Å². The van der Waals surface area contributed by atoms with Crippen molar-refractivity contribution >= 4 is 30.1 Å². The van der Waals surface area contributed by atoms with E-state index in [0.717, 1.165) is 5.56 Å². The van der Waals surface area contributed by atoms with Gasteiger partial charge < -0.3 is 15.0 Å². The van der Waals surface area contributed by atoms with Crippen LogP contribution in [-0.4, -0.2) is 18.0 Å². The number of halogens is 2. The molecule has 2 aromatic carbocycles. The number of fused-ring (bicyclic) bond motifs is 1. The standard InChI is InChI=1S/C15H12BClFNO3/c17-13-5-10-8-22-16(21)12(10)6-11(13)15(20)19-7-9-3-1-2-4-14(9)18/h1-6,21H,7-8H2,(H,19,20). The molecular weight excluding hydrogens is 307 g/mol. The molecule has 1 heterocycles. The molecule has 0 fully saturated rings. The van der Waals surface area contributed by atoms with Gasteiger partial charge in [0.15, 0.2) is 0 Å². The van der Waals surface area contributed by atoms with E-state index in [1.54, 1.807) is 24.3 Å². The van der Waals surface area contributed by atoms with Crippen molar-refractivity contribution < 1.29 is 18.9 Å². The zero-order valence-electron chi connectivity index (χ0n) is 11.5. The molecule has 0 spiro atoms. The van der Waals surface area contributed by atoms with Gasteiger partial charge in [0.2, 0.25) is 0 Å². The molecule has 0 radical (unpaired) electrons. The van der Waals surface area contributed by atoms with Crippen molar-refractivity contribution in [3.63, 3.8) is 0 Å². The maximum Gasteiger partial charge on any atom is 0.491 e. The van der Waals surface area contributed by atoms with E-state index in [4.69, 9.17) is 16.3 Å². The maximum absolute atomic E-state index is 13.5. The summed E-state index contributed by atoms with van der Waals surface area (Å²) >= 11 is 6.09. The summed E-state index contributed by atoms with van der Waals surface area (Å²) in [6, 6.07) is 9.31. The number of hydrogen-bond donors (Lipinski definition) is 2. The maximum atomic E-state index is 13.5. The van der Waals surface area contributed by atoms with E-state index in [1.807, 2.05) is 0 Å². The van der Waals surface area contributed by atoms with E-state index < -0.39 is 13.0 Å². The van der Waals surface area contributed by atoms with Crippen molar-refractivity contribution in [1.82, 2.24) is 5.32 Å². The molecule has 0 aliphatic carbocycles. The molecule has 0 unspecified atom stereocenters. The summed E-state index contributed by atoms with van der Waals surface area (Å²) in [5.74, 6) is -0.818. The molecule has 0 atom stereocenters. The molecule has 22 heavy (non-hydrogen) atoms. The summed E-state index contributed by atoms with van der Waals surface area (Å²) in [6.45, 7) is 0.311. The van der Waals surface area contributed by atoms with Gasteiger partial charge in [0, 0.05) is 12.1 Å². The van der Waals surface area contributed by atoms with Crippen molar-refractivity contribution in [2.24, 2.45) is 0 Å². The van der Waals surface area contributed by atoms with Crippen LogP contribution in [0.5, 0.6) is 0 Å². The molecular formula is C15H12BClFNO3. The first kappa shape index (κ1) is 15.0. The van der Waals surface area contributed by atoms with Crippen molar-refractivity contribution in [3.05, 3.63) is 63.9 Å². The number of carbonyl (C=O) groups is 1. The monoisotopic (exact) mass is 319 g/mol. The zero-order valence-corrected chi connectivity index (χ0v) is 12.2. The average molecular weight is 320 g/mol. The molecule has 1 aliphatic heterocycles. The van der Waals surface area contributed by atoms with Crippen LogP contribution >= 0.6 is 11.6 Å². The van der Waals surface area contributed by atoms with E-state index in [1.165, 1.54) is 12.1 Å². The predicted octanol–water partition coefficient (Wildman–Crippen LogP) is 1.63. The van der Waals surface area contributed by atoms with Gasteiger partial charge in [-0.2, -0.15) is 0 Å². The summed E-state index contributed by atoms with van der Waals surface area (Å²) in [5, 5.41) is 12.6. The van der Waals surface area contributed by atoms with E-state index >= 15 is 0 Å². The molecule has 4 nitrogen and oxygen atoms in total. The van der Waals surface area contributed by atoms with Gasteiger partial charge in [0.1, 0.15) is 5.82 Å². The third-order valence-electron chi connectivity index (χ3n) is 3.53. The van der Waals surface area contributed by atoms with Crippen LogP contribution in [0.25, 0.3) is 0 Å². The minimum Gasteiger partial charge on any atom is -0.423 e. The first-order valence-electron chi connectivity index (χ1n) is 6.70. The van der Waals surface area contributed by atoms with Gasteiger partial charge in [0.05, 0.1) is 17.2 Å². The van der Waals surface area contributed by atoms with Crippen LogP contribution in [0.3, 0.4) is 0 Å². The second kappa shape index (κ2) is 6.08. The highest BCUT2D eigenvalue weighted by Crippen LogP contribution is 2.21. The Kier molecular flexibility index (Phi) is 4.15. The molecule has 1 amide bonds. The highest BCUT2D eigenvalue weighted by Gasteiger charge is 2.29. The second-order valence-electron chi connectivity index (χ2n) is 4.97. The molecule has 7 heteroatoms. The van der Waals surface area contributed by atoms with Crippen molar-refractivity contribution in [2.75, 3.05) is 0 Å². The number of benzene rings is 2. The van der Waals surface area contributed by atoms with Gasteiger partial charge >= 0.3 is 7.12 Å². The largest absolute Gasteiger partial charge is 0.491 e. The second-order valence-corrected chi connectivity index (χ2v) is 5.38. The molecule has 0 aromatic heterocycles. The predicted molar refractivity (Wildman–Crippen MR) is 81.4 cm³/mol. The zero-order chi connectivity index (χ0) is 15.7. The van der Waals surface area contributed by atoms with Crippen molar-refractivity contribution in [3.8, 4) is 0 Å². The molecule has 3 rings (SSSR count). The lowest BCUT2D eigenvalue weighted by molar-refractivity contribution is 0.0951. The fourth-order valence-electron chi connectivity index (χ4n) is 2.33. The van der Waals surface area contributed by atoms with Crippen LogP contribution in [0, 0.1) is 5.82 Å². The number of nitrogens with one attached hydrogen (secondary N) is 1. The fourth-order valence-corrected chi connectivity index (χ4v) is 2.60. The van der Waals surface area contributed by atoms with Crippen molar-refractivity contribution in [1.29, 1.82) is 0 Å². The Hall–Kier alpha value is -1.89. The van der Waals surface area contributed by atoms with Gasteiger partial charge in [0.25, 0.3) is 5.91 Å². The van der Waals surface area contributed by atoms with E-state index in [2.05, 4.69) is 5.32 Å². The first-order chi connectivity index (χ1) is 10.6. The third kappa shape index (κ3) is 2.85. The molecule has 2 aromatic rings. The van der Waals surface area contributed by atoms with Gasteiger partial charge in [-0.05, 0) is 29.2 Å². The van der Waals surface area contributed by atoms with Crippen LogP contribution in [0.4, 0.5) is 4.39 Å². The topological polar surface area (TPSA) is 58.6 Å². The number of rotatable bonds is 3. The smallest absolute Gasteiger partial charge is 0.423 e.